The minimum Gasteiger partial charge on any atom is -0.393 e. The Morgan fingerprint density at radius 2 is 2.07 bits per heavy atom. The number of hydrogen-bond donors (Lipinski definition) is 1. The highest BCUT2D eigenvalue weighted by atomic mass is 16.5. The van der Waals surface area contributed by atoms with Crippen molar-refractivity contribution in [3.05, 3.63) is 0 Å². The van der Waals surface area contributed by atoms with Crippen molar-refractivity contribution < 1.29 is 9.84 Å². The second kappa shape index (κ2) is 6.38. The van der Waals surface area contributed by atoms with E-state index in [9.17, 15) is 0 Å². The molecule has 1 atom stereocenters. The first kappa shape index (κ1) is 12.0. The maximum Gasteiger partial charge on any atom is 0.0512 e. The number of hydrogen-bond acceptors (Lipinski definition) is 3. The average Bonchev–Trinajstić information content (AvgIpc) is 2.18. The van der Waals surface area contributed by atoms with Crippen molar-refractivity contribution in [1.82, 2.24) is 4.90 Å². The van der Waals surface area contributed by atoms with Gasteiger partial charge in [0.25, 0.3) is 0 Å². The van der Waals surface area contributed by atoms with E-state index in [0.717, 1.165) is 45.4 Å². The standard InChI is InChI=1S/C11H23NO2/c1-10(13)4-3-7-12(2)11-5-8-14-9-6-11/h10-11,13H,3-9H2,1-2H3. The SMILES string of the molecule is CC(O)CCCN(C)C1CCOCC1. The number of aliphatic hydroxyl groups is 1. The van der Waals surface area contributed by atoms with Crippen LogP contribution in [0.5, 0.6) is 0 Å². The van der Waals surface area contributed by atoms with Gasteiger partial charge in [0.1, 0.15) is 0 Å². The molecular formula is C11H23NO2. The van der Waals surface area contributed by atoms with E-state index in [1.807, 2.05) is 6.92 Å². The van der Waals surface area contributed by atoms with Gasteiger partial charge in [-0.15, -0.1) is 0 Å². The molecule has 3 heteroatoms. The zero-order valence-corrected chi connectivity index (χ0v) is 9.41. The minimum atomic E-state index is -0.155. The summed E-state index contributed by atoms with van der Waals surface area (Å²) in [6, 6.07) is 0.692. The Bertz CT molecular complexity index is 144. The van der Waals surface area contributed by atoms with Crippen molar-refractivity contribution in [2.75, 3.05) is 26.8 Å². The molecule has 0 aromatic carbocycles. The zero-order valence-electron chi connectivity index (χ0n) is 9.41. The topological polar surface area (TPSA) is 32.7 Å². The fourth-order valence-corrected chi connectivity index (χ4v) is 1.94. The molecule has 0 radical (unpaired) electrons. The molecule has 3 nitrogen and oxygen atoms in total. The molecule has 0 saturated carbocycles. The van der Waals surface area contributed by atoms with E-state index >= 15 is 0 Å². The van der Waals surface area contributed by atoms with Gasteiger partial charge in [0, 0.05) is 19.3 Å². The van der Waals surface area contributed by atoms with Crippen molar-refractivity contribution in [3.8, 4) is 0 Å². The smallest absolute Gasteiger partial charge is 0.0512 e. The third kappa shape index (κ3) is 4.40. The molecular weight excluding hydrogens is 178 g/mol. The Balaban J connectivity index is 2.10. The maximum absolute atomic E-state index is 9.14. The molecule has 0 aromatic rings. The normalized spacial score (nSPS) is 21.4. The van der Waals surface area contributed by atoms with Crippen LogP contribution in [0.1, 0.15) is 32.6 Å². The number of rotatable bonds is 5. The molecule has 1 saturated heterocycles. The largest absolute Gasteiger partial charge is 0.393 e. The van der Waals surface area contributed by atoms with Gasteiger partial charge in [-0.05, 0) is 46.2 Å². The highest BCUT2D eigenvalue weighted by Crippen LogP contribution is 2.13. The molecule has 1 heterocycles. The zero-order chi connectivity index (χ0) is 10.4. The van der Waals surface area contributed by atoms with E-state index in [2.05, 4.69) is 11.9 Å². The Hall–Kier alpha value is -0.120. The fraction of sp³-hybridized carbons (Fsp3) is 1.00. The van der Waals surface area contributed by atoms with Gasteiger partial charge in [-0.1, -0.05) is 0 Å². The van der Waals surface area contributed by atoms with Gasteiger partial charge in [0.15, 0.2) is 0 Å². The van der Waals surface area contributed by atoms with Crippen LogP contribution in [0, 0.1) is 0 Å². The molecule has 1 N–H and O–H groups in total. The first-order valence-corrected chi connectivity index (χ1v) is 5.66. The van der Waals surface area contributed by atoms with Crippen LogP contribution in [0.3, 0.4) is 0 Å². The van der Waals surface area contributed by atoms with Crippen LogP contribution < -0.4 is 0 Å². The van der Waals surface area contributed by atoms with Crippen LogP contribution in [0.4, 0.5) is 0 Å². The summed E-state index contributed by atoms with van der Waals surface area (Å²) in [6.45, 7) is 4.76. The lowest BCUT2D eigenvalue weighted by Crippen LogP contribution is -2.37. The van der Waals surface area contributed by atoms with E-state index < -0.39 is 0 Å². The lowest BCUT2D eigenvalue weighted by molar-refractivity contribution is 0.0415. The van der Waals surface area contributed by atoms with Crippen molar-refractivity contribution in [2.45, 2.75) is 44.8 Å². The quantitative estimate of drug-likeness (QED) is 0.727. The molecule has 0 amide bonds. The molecule has 0 aromatic heterocycles. The van der Waals surface area contributed by atoms with E-state index in [1.54, 1.807) is 0 Å². The van der Waals surface area contributed by atoms with Crippen LogP contribution in [-0.2, 0) is 4.74 Å². The molecule has 0 bridgehead atoms. The lowest BCUT2D eigenvalue weighted by atomic mass is 10.1. The summed E-state index contributed by atoms with van der Waals surface area (Å²) < 4.78 is 5.33. The second-order valence-corrected chi connectivity index (χ2v) is 4.32. The highest BCUT2D eigenvalue weighted by molar-refractivity contribution is 4.71. The van der Waals surface area contributed by atoms with Crippen molar-refractivity contribution in [3.63, 3.8) is 0 Å². The van der Waals surface area contributed by atoms with Crippen molar-refractivity contribution >= 4 is 0 Å². The molecule has 84 valence electrons. The van der Waals surface area contributed by atoms with Crippen LogP contribution >= 0.6 is 0 Å². The molecule has 1 rings (SSSR count). The van der Waals surface area contributed by atoms with Gasteiger partial charge in [-0.3, -0.25) is 0 Å². The monoisotopic (exact) mass is 201 g/mol. The molecule has 0 aliphatic carbocycles. The molecule has 14 heavy (non-hydrogen) atoms. The number of aliphatic hydroxyl groups excluding tert-OH is 1. The lowest BCUT2D eigenvalue weighted by Gasteiger charge is -2.31. The molecule has 0 spiro atoms. The molecule has 1 unspecified atom stereocenters. The highest BCUT2D eigenvalue weighted by Gasteiger charge is 2.17. The van der Waals surface area contributed by atoms with Crippen LogP contribution in [-0.4, -0.2) is 49.0 Å². The van der Waals surface area contributed by atoms with E-state index in [4.69, 9.17) is 9.84 Å². The first-order valence-electron chi connectivity index (χ1n) is 5.66. The average molecular weight is 201 g/mol. The Kier molecular flexibility index (Phi) is 5.45. The van der Waals surface area contributed by atoms with Gasteiger partial charge in [0.2, 0.25) is 0 Å². The first-order chi connectivity index (χ1) is 6.70. The molecule has 1 aliphatic heterocycles. The third-order valence-corrected chi connectivity index (χ3v) is 2.95. The van der Waals surface area contributed by atoms with Gasteiger partial charge in [0.05, 0.1) is 6.10 Å². The fourth-order valence-electron chi connectivity index (χ4n) is 1.94. The second-order valence-electron chi connectivity index (χ2n) is 4.32. The van der Waals surface area contributed by atoms with Crippen LogP contribution in [0.25, 0.3) is 0 Å². The molecule has 1 aliphatic rings. The Morgan fingerprint density at radius 1 is 1.43 bits per heavy atom. The van der Waals surface area contributed by atoms with E-state index in [-0.39, 0.29) is 6.10 Å². The summed E-state index contributed by atoms with van der Waals surface area (Å²) in [5.74, 6) is 0. The maximum atomic E-state index is 9.14. The molecule has 1 fully saturated rings. The summed E-state index contributed by atoms with van der Waals surface area (Å²) in [4.78, 5) is 2.41. The number of nitrogens with zero attached hydrogens (tertiary/aromatic N) is 1. The summed E-state index contributed by atoms with van der Waals surface area (Å²) in [5, 5.41) is 9.14. The third-order valence-electron chi connectivity index (χ3n) is 2.95. The predicted octanol–water partition coefficient (Wildman–Crippen LogP) is 1.26. The van der Waals surface area contributed by atoms with Crippen molar-refractivity contribution in [2.24, 2.45) is 0 Å². The van der Waals surface area contributed by atoms with Gasteiger partial charge in [-0.25, -0.2) is 0 Å². The summed E-state index contributed by atoms with van der Waals surface area (Å²) in [5.41, 5.74) is 0. The number of ether oxygens (including phenoxy) is 1. The van der Waals surface area contributed by atoms with Crippen LogP contribution in [0.15, 0.2) is 0 Å². The summed E-state index contributed by atoms with van der Waals surface area (Å²) in [6.07, 6.45) is 4.16. The predicted molar refractivity (Wildman–Crippen MR) is 57.4 cm³/mol. The summed E-state index contributed by atoms with van der Waals surface area (Å²) >= 11 is 0. The minimum absolute atomic E-state index is 0.155. The summed E-state index contributed by atoms with van der Waals surface area (Å²) in [7, 11) is 2.18. The van der Waals surface area contributed by atoms with Gasteiger partial charge >= 0.3 is 0 Å². The van der Waals surface area contributed by atoms with Crippen molar-refractivity contribution in [1.29, 1.82) is 0 Å². The van der Waals surface area contributed by atoms with E-state index in [0.29, 0.717) is 6.04 Å². The van der Waals surface area contributed by atoms with Gasteiger partial charge in [-0.2, -0.15) is 0 Å². The van der Waals surface area contributed by atoms with E-state index in [1.165, 1.54) is 0 Å². The Morgan fingerprint density at radius 3 is 2.64 bits per heavy atom. The van der Waals surface area contributed by atoms with Crippen LogP contribution in [0.2, 0.25) is 0 Å². The van der Waals surface area contributed by atoms with Gasteiger partial charge < -0.3 is 14.7 Å². The Labute approximate surface area is 87.1 Å².